The molecule has 1 atom stereocenters. The zero-order valence-electron chi connectivity index (χ0n) is 14.0. The van der Waals surface area contributed by atoms with E-state index in [4.69, 9.17) is 9.40 Å². The molecule has 0 N–H and O–H groups in total. The molecule has 0 fully saturated rings. The number of aromatic nitrogens is 1. The summed E-state index contributed by atoms with van der Waals surface area (Å²) in [7, 11) is 2.13. The Balaban J connectivity index is 1.80. The van der Waals surface area contributed by atoms with Gasteiger partial charge in [-0.2, -0.15) is 0 Å². The first kappa shape index (κ1) is 16.0. The Labute approximate surface area is 141 Å². The van der Waals surface area contributed by atoms with E-state index in [-0.39, 0.29) is 0 Å². The van der Waals surface area contributed by atoms with Crippen LogP contribution in [0, 0.1) is 13.8 Å². The molecule has 3 nitrogen and oxygen atoms in total. The lowest BCUT2D eigenvalue weighted by molar-refractivity contribution is 0.252. The van der Waals surface area contributed by atoms with Crippen LogP contribution in [0.3, 0.4) is 0 Å². The highest BCUT2D eigenvalue weighted by molar-refractivity contribution is 7.10. The second-order valence-electron chi connectivity index (χ2n) is 5.94. The van der Waals surface area contributed by atoms with Gasteiger partial charge in [-0.3, -0.25) is 4.90 Å². The molecule has 2 aromatic heterocycles. The Bertz CT molecular complexity index is 777. The number of hydrogen-bond donors (Lipinski definition) is 0. The fourth-order valence-corrected chi connectivity index (χ4v) is 3.47. The minimum Gasteiger partial charge on any atom is -0.441 e. The van der Waals surface area contributed by atoms with E-state index < -0.39 is 0 Å². The van der Waals surface area contributed by atoms with Crippen molar-refractivity contribution in [2.24, 2.45) is 0 Å². The molecule has 0 aliphatic carbocycles. The third kappa shape index (κ3) is 3.38. The normalized spacial score (nSPS) is 12.7. The number of oxazole rings is 1. The first-order valence-corrected chi connectivity index (χ1v) is 8.70. The number of nitrogens with zero attached hydrogens (tertiary/aromatic N) is 2. The van der Waals surface area contributed by atoms with Gasteiger partial charge in [-0.1, -0.05) is 24.3 Å². The van der Waals surface area contributed by atoms with Crippen molar-refractivity contribution >= 4 is 11.3 Å². The van der Waals surface area contributed by atoms with Gasteiger partial charge in [0.05, 0.1) is 5.69 Å². The topological polar surface area (TPSA) is 29.3 Å². The van der Waals surface area contributed by atoms with Crippen LogP contribution in [-0.2, 0) is 6.54 Å². The Hall–Kier alpha value is -1.91. The molecule has 1 aromatic carbocycles. The van der Waals surface area contributed by atoms with Gasteiger partial charge in [-0.25, -0.2) is 4.98 Å². The van der Waals surface area contributed by atoms with Crippen molar-refractivity contribution < 1.29 is 4.42 Å². The van der Waals surface area contributed by atoms with Gasteiger partial charge in [0.1, 0.15) is 5.76 Å². The van der Waals surface area contributed by atoms with Crippen molar-refractivity contribution in [2.45, 2.75) is 33.4 Å². The van der Waals surface area contributed by atoms with Gasteiger partial charge < -0.3 is 4.42 Å². The van der Waals surface area contributed by atoms with Crippen molar-refractivity contribution in [1.82, 2.24) is 9.88 Å². The molecule has 2 heterocycles. The Kier molecular flexibility index (Phi) is 4.64. The van der Waals surface area contributed by atoms with E-state index in [9.17, 15) is 0 Å². The molecule has 4 heteroatoms. The molecular weight excluding hydrogens is 304 g/mol. The van der Waals surface area contributed by atoms with E-state index in [1.807, 2.05) is 19.1 Å². The number of benzene rings is 1. The summed E-state index contributed by atoms with van der Waals surface area (Å²) >= 11 is 1.79. The molecule has 0 unspecified atom stereocenters. The second-order valence-corrected chi connectivity index (χ2v) is 6.92. The minimum atomic E-state index is 0.369. The van der Waals surface area contributed by atoms with Crippen LogP contribution < -0.4 is 0 Å². The first-order valence-electron chi connectivity index (χ1n) is 7.82. The maximum Gasteiger partial charge on any atom is 0.226 e. The van der Waals surface area contributed by atoms with Crippen LogP contribution in [-0.4, -0.2) is 16.9 Å². The third-order valence-electron chi connectivity index (χ3n) is 4.28. The third-order valence-corrected chi connectivity index (χ3v) is 5.33. The van der Waals surface area contributed by atoms with Crippen LogP contribution in [0.1, 0.15) is 34.9 Å². The lowest BCUT2D eigenvalue weighted by Crippen LogP contribution is -2.21. The number of hydrogen-bond acceptors (Lipinski definition) is 4. The van der Waals surface area contributed by atoms with E-state index in [1.165, 1.54) is 10.4 Å². The van der Waals surface area contributed by atoms with Crippen molar-refractivity contribution in [3.8, 4) is 11.5 Å². The van der Waals surface area contributed by atoms with Gasteiger partial charge in [0, 0.05) is 23.0 Å². The highest BCUT2D eigenvalue weighted by Gasteiger charge is 2.18. The van der Waals surface area contributed by atoms with Crippen LogP contribution in [0.5, 0.6) is 0 Å². The lowest BCUT2D eigenvalue weighted by atomic mass is 10.1. The largest absolute Gasteiger partial charge is 0.441 e. The predicted molar refractivity (Wildman–Crippen MR) is 95.6 cm³/mol. The number of thiophene rings is 1. The first-order chi connectivity index (χ1) is 11.1. The summed E-state index contributed by atoms with van der Waals surface area (Å²) < 4.78 is 5.92. The van der Waals surface area contributed by atoms with Crippen LogP contribution in [0.15, 0.2) is 46.2 Å². The van der Waals surface area contributed by atoms with Crippen molar-refractivity contribution in [3.63, 3.8) is 0 Å². The van der Waals surface area contributed by atoms with Gasteiger partial charge in [0.25, 0.3) is 0 Å². The predicted octanol–water partition coefficient (Wildman–Crippen LogP) is 5.21. The molecule has 3 rings (SSSR count). The standard InChI is InChI=1S/C19H22N2OS/c1-13-8-5-6-9-16(13)19-20-17(15(3)22-19)12-21(4)14(2)18-10-7-11-23-18/h5-11,14H,12H2,1-4H3/t14-/m0/s1. The van der Waals surface area contributed by atoms with Gasteiger partial charge in [-0.05, 0) is 50.9 Å². The average molecular weight is 326 g/mol. The van der Waals surface area contributed by atoms with Crippen LogP contribution in [0.2, 0.25) is 0 Å². The summed E-state index contributed by atoms with van der Waals surface area (Å²) in [6, 6.07) is 12.8. The van der Waals surface area contributed by atoms with Gasteiger partial charge in [0.2, 0.25) is 5.89 Å². The van der Waals surface area contributed by atoms with E-state index >= 15 is 0 Å². The van der Waals surface area contributed by atoms with Gasteiger partial charge in [0.15, 0.2) is 0 Å². The summed E-state index contributed by atoms with van der Waals surface area (Å²) in [6.45, 7) is 7.08. The highest BCUT2D eigenvalue weighted by atomic mass is 32.1. The van der Waals surface area contributed by atoms with E-state index in [0.29, 0.717) is 11.9 Å². The zero-order valence-corrected chi connectivity index (χ0v) is 14.9. The van der Waals surface area contributed by atoms with Crippen molar-refractivity contribution in [1.29, 1.82) is 0 Å². The Morgan fingerprint density at radius 2 is 1.96 bits per heavy atom. The second kappa shape index (κ2) is 6.69. The quantitative estimate of drug-likeness (QED) is 0.644. The van der Waals surface area contributed by atoms with Crippen molar-refractivity contribution in [2.75, 3.05) is 7.05 Å². The number of rotatable bonds is 5. The summed E-state index contributed by atoms with van der Waals surface area (Å²) in [5, 5.41) is 2.12. The minimum absolute atomic E-state index is 0.369. The Morgan fingerprint density at radius 3 is 2.65 bits per heavy atom. The highest BCUT2D eigenvalue weighted by Crippen LogP contribution is 2.28. The van der Waals surface area contributed by atoms with Crippen molar-refractivity contribution in [3.05, 3.63) is 63.7 Å². The summed E-state index contributed by atoms with van der Waals surface area (Å²) in [5.74, 6) is 1.61. The maximum atomic E-state index is 5.92. The van der Waals surface area contributed by atoms with Crippen LogP contribution >= 0.6 is 11.3 Å². The molecule has 0 aliphatic heterocycles. The van der Waals surface area contributed by atoms with Crippen LogP contribution in [0.4, 0.5) is 0 Å². The lowest BCUT2D eigenvalue weighted by Gasteiger charge is -2.22. The maximum absolute atomic E-state index is 5.92. The summed E-state index contributed by atoms with van der Waals surface area (Å²) in [6.07, 6.45) is 0. The molecule has 120 valence electrons. The average Bonchev–Trinajstić information content (AvgIpc) is 3.18. The molecular formula is C19H22N2OS. The van der Waals surface area contributed by atoms with E-state index in [0.717, 1.165) is 23.6 Å². The molecule has 0 spiro atoms. The fraction of sp³-hybridized carbons (Fsp3) is 0.316. The zero-order chi connectivity index (χ0) is 16.4. The Morgan fingerprint density at radius 1 is 1.17 bits per heavy atom. The van der Waals surface area contributed by atoms with Gasteiger partial charge >= 0.3 is 0 Å². The smallest absolute Gasteiger partial charge is 0.226 e. The molecule has 0 saturated carbocycles. The van der Waals surface area contributed by atoms with Crippen LogP contribution in [0.25, 0.3) is 11.5 Å². The molecule has 0 bridgehead atoms. The van der Waals surface area contributed by atoms with E-state index in [2.05, 4.69) is 55.4 Å². The summed E-state index contributed by atoms with van der Waals surface area (Å²) in [5.41, 5.74) is 3.26. The SMILES string of the molecule is Cc1ccccc1-c1nc(CN(C)[C@@H](C)c2cccs2)c(C)o1. The van der Waals surface area contributed by atoms with Gasteiger partial charge in [-0.15, -0.1) is 11.3 Å². The molecule has 0 saturated heterocycles. The monoisotopic (exact) mass is 326 g/mol. The molecule has 3 aromatic rings. The molecule has 23 heavy (non-hydrogen) atoms. The summed E-state index contributed by atoms with van der Waals surface area (Å²) in [4.78, 5) is 8.41. The number of aryl methyl sites for hydroxylation is 2. The molecule has 0 amide bonds. The molecule has 0 radical (unpaired) electrons. The van der Waals surface area contributed by atoms with E-state index in [1.54, 1.807) is 11.3 Å². The fourth-order valence-electron chi connectivity index (χ4n) is 2.62. The molecule has 0 aliphatic rings.